The standard InChI is InChI=1S/C20H24N4O4S/c25-18(23-6-10-26-11-7-23)13-29-20-22-21-19(24(20)15-3-4-15)14-2-5-16-17(12-14)28-9-1-8-27-16/h2,5,12,15H,1,3-4,6-11,13H2. The third-order valence-corrected chi connectivity index (χ3v) is 6.20. The molecule has 9 heteroatoms. The zero-order valence-electron chi connectivity index (χ0n) is 16.2. The number of morpholine rings is 1. The van der Waals surface area contributed by atoms with Crippen LogP contribution >= 0.6 is 11.8 Å². The normalized spacial score (nSPS) is 19.1. The Morgan fingerprint density at radius 1 is 1.07 bits per heavy atom. The van der Waals surface area contributed by atoms with Crippen LogP contribution in [0.4, 0.5) is 0 Å². The maximum absolute atomic E-state index is 12.5. The van der Waals surface area contributed by atoms with Crippen molar-refractivity contribution in [3.8, 4) is 22.9 Å². The number of carbonyl (C=O) groups excluding carboxylic acids is 1. The number of aromatic nitrogens is 3. The fourth-order valence-electron chi connectivity index (χ4n) is 3.57. The topological polar surface area (TPSA) is 78.7 Å². The number of fused-ring (bicyclic) bond motifs is 1. The van der Waals surface area contributed by atoms with E-state index < -0.39 is 0 Å². The van der Waals surface area contributed by atoms with Crippen LogP contribution in [0.5, 0.6) is 11.5 Å². The van der Waals surface area contributed by atoms with Crippen molar-refractivity contribution in [1.82, 2.24) is 19.7 Å². The second kappa shape index (κ2) is 8.23. The fourth-order valence-corrected chi connectivity index (χ4v) is 4.48. The van der Waals surface area contributed by atoms with Gasteiger partial charge in [-0.15, -0.1) is 10.2 Å². The van der Waals surface area contributed by atoms with Crippen molar-refractivity contribution in [2.45, 2.75) is 30.5 Å². The molecule has 154 valence electrons. The molecule has 5 rings (SSSR count). The average Bonchev–Trinajstić information content (AvgIpc) is 3.55. The molecule has 0 radical (unpaired) electrons. The largest absolute Gasteiger partial charge is 0.490 e. The molecule has 2 aromatic rings. The van der Waals surface area contributed by atoms with Gasteiger partial charge < -0.3 is 19.1 Å². The first-order chi connectivity index (χ1) is 14.3. The molecule has 3 heterocycles. The van der Waals surface area contributed by atoms with Crippen LogP contribution in [0, 0.1) is 0 Å². The van der Waals surface area contributed by atoms with Crippen molar-refractivity contribution in [3.05, 3.63) is 18.2 Å². The molecule has 1 amide bonds. The monoisotopic (exact) mass is 416 g/mol. The molecule has 0 bridgehead atoms. The predicted molar refractivity (Wildman–Crippen MR) is 107 cm³/mol. The third-order valence-electron chi connectivity index (χ3n) is 5.27. The summed E-state index contributed by atoms with van der Waals surface area (Å²) in [7, 11) is 0. The number of ether oxygens (including phenoxy) is 3. The van der Waals surface area contributed by atoms with Gasteiger partial charge in [-0.3, -0.25) is 9.36 Å². The van der Waals surface area contributed by atoms with Gasteiger partial charge in [0.1, 0.15) is 0 Å². The summed E-state index contributed by atoms with van der Waals surface area (Å²) in [5, 5.41) is 9.67. The van der Waals surface area contributed by atoms with E-state index in [4.69, 9.17) is 14.2 Å². The van der Waals surface area contributed by atoms with Gasteiger partial charge in [0.25, 0.3) is 0 Å². The van der Waals surface area contributed by atoms with Gasteiger partial charge >= 0.3 is 0 Å². The van der Waals surface area contributed by atoms with Crippen LogP contribution in [0.1, 0.15) is 25.3 Å². The first-order valence-corrected chi connectivity index (χ1v) is 11.1. The number of benzene rings is 1. The van der Waals surface area contributed by atoms with Crippen molar-refractivity contribution >= 4 is 17.7 Å². The maximum atomic E-state index is 12.5. The number of nitrogens with zero attached hydrogens (tertiary/aromatic N) is 4. The lowest BCUT2D eigenvalue weighted by Gasteiger charge is -2.26. The van der Waals surface area contributed by atoms with E-state index in [0.717, 1.165) is 47.3 Å². The van der Waals surface area contributed by atoms with Crippen molar-refractivity contribution in [3.63, 3.8) is 0 Å². The minimum atomic E-state index is 0.126. The van der Waals surface area contributed by atoms with Gasteiger partial charge in [0.2, 0.25) is 5.91 Å². The Kier molecular flexibility index (Phi) is 5.32. The summed E-state index contributed by atoms with van der Waals surface area (Å²) in [5.74, 6) is 2.84. The number of amides is 1. The number of thioether (sulfide) groups is 1. The van der Waals surface area contributed by atoms with Crippen LogP contribution in [0.15, 0.2) is 23.4 Å². The van der Waals surface area contributed by atoms with Gasteiger partial charge in [-0.1, -0.05) is 11.8 Å². The van der Waals surface area contributed by atoms with Crippen LogP contribution in [-0.2, 0) is 9.53 Å². The molecule has 8 nitrogen and oxygen atoms in total. The molecular formula is C20H24N4O4S. The van der Waals surface area contributed by atoms with Gasteiger partial charge in [0.15, 0.2) is 22.5 Å². The number of rotatable bonds is 5. The van der Waals surface area contributed by atoms with Crippen molar-refractivity contribution in [2.75, 3.05) is 45.3 Å². The number of hydrogen-bond donors (Lipinski definition) is 0. The molecule has 1 saturated heterocycles. The lowest BCUT2D eigenvalue weighted by Crippen LogP contribution is -2.41. The van der Waals surface area contributed by atoms with Gasteiger partial charge in [0.05, 0.1) is 32.2 Å². The second-order valence-electron chi connectivity index (χ2n) is 7.40. The first kappa shape index (κ1) is 18.7. The van der Waals surface area contributed by atoms with Crippen LogP contribution in [0.3, 0.4) is 0 Å². The molecule has 1 aliphatic carbocycles. The highest BCUT2D eigenvalue weighted by Crippen LogP contribution is 2.42. The lowest BCUT2D eigenvalue weighted by molar-refractivity contribution is -0.132. The summed E-state index contributed by atoms with van der Waals surface area (Å²) in [6.07, 6.45) is 3.10. The summed E-state index contributed by atoms with van der Waals surface area (Å²) in [5.41, 5.74) is 0.958. The Labute approximate surface area is 173 Å². The maximum Gasteiger partial charge on any atom is 0.233 e. The zero-order valence-corrected chi connectivity index (χ0v) is 17.0. The summed E-state index contributed by atoms with van der Waals surface area (Å²) >= 11 is 1.47. The molecule has 1 saturated carbocycles. The highest BCUT2D eigenvalue weighted by atomic mass is 32.2. The van der Waals surface area contributed by atoms with E-state index in [2.05, 4.69) is 14.8 Å². The van der Waals surface area contributed by atoms with E-state index >= 15 is 0 Å². The van der Waals surface area contributed by atoms with E-state index in [9.17, 15) is 4.79 Å². The van der Waals surface area contributed by atoms with E-state index in [-0.39, 0.29) is 5.91 Å². The van der Waals surface area contributed by atoms with E-state index in [1.165, 1.54) is 11.8 Å². The SMILES string of the molecule is O=C(CSc1nnc(-c2ccc3c(c2)OCCCO3)n1C1CC1)N1CCOCC1. The minimum Gasteiger partial charge on any atom is -0.490 e. The van der Waals surface area contributed by atoms with Crippen LogP contribution < -0.4 is 9.47 Å². The van der Waals surface area contributed by atoms with Gasteiger partial charge in [-0.2, -0.15) is 0 Å². The van der Waals surface area contributed by atoms with Crippen LogP contribution in [0.25, 0.3) is 11.4 Å². The molecule has 0 atom stereocenters. The molecule has 0 N–H and O–H groups in total. The molecule has 0 unspecified atom stereocenters. The van der Waals surface area contributed by atoms with Gasteiger partial charge in [-0.05, 0) is 31.0 Å². The van der Waals surface area contributed by atoms with Crippen molar-refractivity contribution < 1.29 is 19.0 Å². The lowest BCUT2D eigenvalue weighted by atomic mass is 10.2. The summed E-state index contributed by atoms with van der Waals surface area (Å²) in [6, 6.07) is 6.33. The number of hydrogen-bond acceptors (Lipinski definition) is 7. The Bertz CT molecular complexity index is 893. The highest BCUT2D eigenvalue weighted by Gasteiger charge is 2.31. The molecule has 1 aromatic heterocycles. The van der Waals surface area contributed by atoms with E-state index in [1.54, 1.807) is 0 Å². The summed E-state index contributed by atoms with van der Waals surface area (Å²) in [4.78, 5) is 14.4. The predicted octanol–water partition coefficient (Wildman–Crippen LogP) is 2.39. The zero-order chi connectivity index (χ0) is 19.6. The van der Waals surface area contributed by atoms with Crippen LogP contribution in [-0.4, -0.2) is 70.8 Å². The molecule has 2 aliphatic heterocycles. The summed E-state index contributed by atoms with van der Waals surface area (Å²) < 4.78 is 19.1. The highest BCUT2D eigenvalue weighted by molar-refractivity contribution is 7.99. The Hall–Kier alpha value is -2.26. The Morgan fingerprint density at radius 2 is 1.86 bits per heavy atom. The quantitative estimate of drug-likeness (QED) is 0.693. The molecular weight excluding hydrogens is 392 g/mol. The Morgan fingerprint density at radius 3 is 2.66 bits per heavy atom. The molecule has 1 aromatic carbocycles. The Balaban J connectivity index is 1.36. The average molecular weight is 417 g/mol. The first-order valence-electron chi connectivity index (χ1n) is 10.1. The molecule has 0 spiro atoms. The molecule has 29 heavy (non-hydrogen) atoms. The molecule has 2 fully saturated rings. The minimum absolute atomic E-state index is 0.126. The number of carbonyl (C=O) groups is 1. The third kappa shape index (κ3) is 4.06. The second-order valence-corrected chi connectivity index (χ2v) is 8.34. The van der Waals surface area contributed by atoms with Crippen LogP contribution in [0.2, 0.25) is 0 Å². The van der Waals surface area contributed by atoms with E-state index in [0.29, 0.717) is 51.3 Å². The molecule has 3 aliphatic rings. The van der Waals surface area contributed by atoms with Crippen molar-refractivity contribution in [1.29, 1.82) is 0 Å². The summed E-state index contributed by atoms with van der Waals surface area (Å²) in [6.45, 7) is 3.87. The van der Waals surface area contributed by atoms with Crippen molar-refractivity contribution in [2.24, 2.45) is 0 Å². The van der Waals surface area contributed by atoms with Gasteiger partial charge in [0, 0.05) is 31.1 Å². The fraction of sp³-hybridized carbons (Fsp3) is 0.550. The smallest absolute Gasteiger partial charge is 0.233 e. The van der Waals surface area contributed by atoms with Gasteiger partial charge in [-0.25, -0.2) is 0 Å². The van der Waals surface area contributed by atoms with E-state index in [1.807, 2.05) is 23.1 Å².